The highest BCUT2D eigenvalue weighted by molar-refractivity contribution is 6.00. The third kappa shape index (κ3) is 1.50. The van der Waals surface area contributed by atoms with E-state index in [1.165, 1.54) is 6.07 Å². The number of aromatic hydroxyl groups is 1. The molecule has 2 rings (SSSR count). The molecule has 0 aliphatic rings. The fraction of sp³-hybridized carbons (Fsp3) is 0.154. The van der Waals surface area contributed by atoms with Crippen LogP contribution in [0.15, 0.2) is 24.3 Å². The van der Waals surface area contributed by atoms with Crippen LogP contribution in [0.3, 0.4) is 0 Å². The fourth-order valence-electron chi connectivity index (χ4n) is 1.75. The molecule has 0 heterocycles. The summed E-state index contributed by atoms with van der Waals surface area (Å²) in [5.41, 5.74) is 2.09. The number of benzene rings is 2. The van der Waals surface area contributed by atoms with Crippen molar-refractivity contribution in [3.05, 3.63) is 41.0 Å². The number of rotatable bonds is 1. The molecule has 0 amide bonds. The zero-order chi connectivity index (χ0) is 11.9. The lowest BCUT2D eigenvalue weighted by Gasteiger charge is -2.07. The van der Waals surface area contributed by atoms with Crippen LogP contribution in [0.2, 0.25) is 0 Å². The monoisotopic (exact) mass is 216 g/mol. The first-order valence-electron chi connectivity index (χ1n) is 4.97. The van der Waals surface area contributed by atoms with Gasteiger partial charge >= 0.3 is 5.97 Å². The van der Waals surface area contributed by atoms with E-state index in [0.29, 0.717) is 5.39 Å². The topological polar surface area (TPSA) is 57.5 Å². The van der Waals surface area contributed by atoms with Crippen molar-refractivity contribution in [2.45, 2.75) is 13.8 Å². The standard InChI is InChI=1S/C13H12O3/c1-7-5-9-3-4-10(13(15)16)12(14)11(9)6-8(7)2/h3-6,14H,1-2H3,(H,15,16). The second kappa shape index (κ2) is 3.52. The maximum atomic E-state index is 10.9. The van der Waals surface area contributed by atoms with Gasteiger partial charge in [0.05, 0.1) is 0 Å². The van der Waals surface area contributed by atoms with Crippen LogP contribution in [0.25, 0.3) is 10.8 Å². The Kier molecular flexibility index (Phi) is 2.31. The molecule has 0 aliphatic heterocycles. The molecule has 0 spiro atoms. The van der Waals surface area contributed by atoms with Crippen LogP contribution in [0, 0.1) is 13.8 Å². The second-order valence-electron chi connectivity index (χ2n) is 3.92. The van der Waals surface area contributed by atoms with Gasteiger partial charge in [-0.1, -0.05) is 12.1 Å². The highest BCUT2D eigenvalue weighted by atomic mass is 16.4. The van der Waals surface area contributed by atoms with Crippen LogP contribution >= 0.6 is 0 Å². The third-order valence-electron chi connectivity index (χ3n) is 2.84. The molecule has 2 aromatic carbocycles. The average molecular weight is 216 g/mol. The van der Waals surface area contributed by atoms with Crippen LogP contribution in [0.4, 0.5) is 0 Å². The number of phenols is 1. The molecule has 0 unspecified atom stereocenters. The van der Waals surface area contributed by atoms with Gasteiger partial charge in [-0.25, -0.2) is 4.79 Å². The molecular weight excluding hydrogens is 204 g/mol. The van der Waals surface area contributed by atoms with E-state index in [2.05, 4.69) is 0 Å². The molecule has 0 saturated heterocycles. The minimum Gasteiger partial charge on any atom is -0.506 e. The number of carbonyl (C=O) groups is 1. The highest BCUT2D eigenvalue weighted by Crippen LogP contribution is 2.30. The largest absolute Gasteiger partial charge is 0.506 e. The molecule has 0 saturated carbocycles. The molecule has 3 heteroatoms. The number of aryl methyl sites for hydroxylation is 2. The van der Waals surface area contributed by atoms with Gasteiger partial charge in [0, 0.05) is 5.39 Å². The lowest BCUT2D eigenvalue weighted by molar-refractivity contribution is 0.0694. The first-order valence-corrected chi connectivity index (χ1v) is 4.97. The van der Waals surface area contributed by atoms with E-state index in [4.69, 9.17) is 5.11 Å². The third-order valence-corrected chi connectivity index (χ3v) is 2.84. The summed E-state index contributed by atoms with van der Waals surface area (Å²) in [7, 11) is 0. The number of carboxylic acid groups (broad SMARTS) is 1. The Labute approximate surface area is 93.0 Å². The summed E-state index contributed by atoms with van der Waals surface area (Å²) >= 11 is 0. The summed E-state index contributed by atoms with van der Waals surface area (Å²) in [6.45, 7) is 3.92. The van der Waals surface area contributed by atoms with Gasteiger partial charge in [0.15, 0.2) is 0 Å². The molecule has 0 atom stereocenters. The summed E-state index contributed by atoms with van der Waals surface area (Å²) in [5, 5.41) is 20.2. The summed E-state index contributed by atoms with van der Waals surface area (Å²) in [4.78, 5) is 10.9. The van der Waals surface area contributed by atoms with E-state index in [1.807, 2.05) is 26.0 Å². The Morgan fingerprint density at radius 1 is 1.12 bits per heavy atom. The minimum absolute atomic E-state index is 0.0595. The molecule has 16 heavy (non-hydrogen) atoms. The maximum absolute atomic E-state index is 10.9. The van der Waals surface area contributed by atoms with Gasteiger partial charge < -0.3 is 10.2 Å². The lowest BCUT2D eigenvalue weighted by atomic mass is 10.00. The van der Waals surface area contributed by atoms with E-state index < -0.39 is 5.97 Å². The van der Waals surface area contributed by atoms with Crippen LogP contribution in [-0.4, -0.2) is 16.2 Å². The molecular formula is C13H12O3. The van der Waals surface area contributed by atoms with Gasteiger partial charge in [-0.05, 0) is 42.5 Å². The van der Waals surface area contributed by atoms with Crippen molar-refractivity contribution < 1.29 is 15.0 Å². The van der Waals surface area contributed by atoms with Crippen molar-refractivity contribution in [2.75, 3.05) is 0 Å². The fourth-order valence-corrected chi connectivity index (χ4v) is 1.75. The molecule has 82 valence electrons. The van der Waals surface area contributed by atoms with E-state index >= 15 is 0 Å². The summed E-state index contributed by atoms with van der Waals surface area (Å²) in [6.07, 6.45) is 0. The van der Waals surface area contributed by atoms with E-state index in [9.17, 15) is 9.90 Å². The Morgan fingerprint density at radius 2 is 1.75 bits per heavy atom. The number of aromatic carboxylic acids is 1. The van der Waals surface area contributed by atoms with Crippen molar-refractivity contribution in [1.29, 1.82) is 0 Å². The zero-order valence-electron chi connectivity index (χ0n) is 9.11. The van der Waals surface area contributed by atoms with Crippen LogP contribution in [0.5, 0.6) is 5.75 Å². The van der Waals surface area contributed by atoms with Crippen molar-refractivity contribution in [1.82, 2.24) is 0 Å². The van der Waals surface area contributed by atoms with Gasteiger partial charge in [0.25, 0.3) is 0 Å². The number of hydrogen-bond donors (Lipinski definition) is 2. The van der Waals surface area contributed by atoms with E-state index in [-0.39, 0.29) is 11.3 Å². The minimum atomic E-state index is -1.11. The van der Waals surface area contributed by atoms with E-state index in [0.717, 1.165) is 16.5 Å². The SMILES string of the molecule is Cc1cc2ccc(C(=O)O)c(O)c2cc1C. The average Bonchev–Trinajstić information content (AvgIpc) is 2.21. The molecule has 0 bridgehead atoms. The van der Waals surface area contributed by atoms with Crippen LogP contribution in [0.1, 0.15) is 21.5 Å². The van der Waals surface area contributed by atoms with Crippen LogP contribution in [-0.2, 0) is 0 Å². The zero-order valence-corrected chi connectivity index (χ0v) is 9.11. The van der Waals surface area contributed by atoms with Gasteiger partial charge in [0.2, 0.25) is 0 Å². The Bertz CT molecular complexity index is 585. The first kappa shape index (κ1) is 10.5. The van der Waals surface area contributed by atoms with Crippen molar-refractivity contribution in [3.8, 4) is 5.75 Å². The van der Waals surface area contributed by atoms with Crippen molar-refractivity contribution >= 4 is 16.7 Å². The smallest absolute Gasteiger partial charge is 0.339 e. The quantitative estimate of drug-likeness (QED) is 0.770. The summed E-state index contributed by atoms with van der Waals surface area (Å²) in [6, 6.07) is 6.89. The molecule has 0 aliphatic carbocycles. The van der Waals surface area contributed by atoms with Crippen LogP contribution < -0.4 is 0 Å². The van der Waals surface area contributed by atoms with E-state index in [1.54, 1.807) is 6.07 Å². The molecule has 3 nitrogen and oxygen atoms in total. The molecule has 0 aromatic heterocycles. The van der Waals surface area contributed by atoms with Crippen molar-refractivity contribution in [2.24, 2.45) is 0 Å². The number of hydrogen-bond acceptors (Lipinski definition) is 2. The highest BCUT2D eigenvalue weighted by Gasteiger charge is 2.12. The molecule has 2 aromatic rings. The van der Waals surface area contributed by atoms with Gasteiger partial charge in [-0.15, -0.1) is 0 Å². The Morgan fingerprint density at radius 3 is 2.38 bits per heavy atom. The maximum Gasteiger partial charge on any atom is 0.339 e. The lowest BCUT2D eigenvalue weighted by Crippen LogP contribution is -1.97. The predicted octanol–water partition coefficient (Wildman–Crippen LogP) is 2.86. The first-order chi connectivity index (χ1) is 7.50. The van der Waals surface area contributed by atoms with Gasteiger partial charge in [-0.3, -0.25) is 0 Å². The summed E-state index contributed by atoms with van der Waals surface area (Å²) < 4.78 is 0. The molecule has 2 N–H and O–H groups in total. The molecule has 0 radical (unpaired) electrons. The second-order valence-corrected chi connectivity index (χ2v) is 3.92. The van der Waals surface area contributed by atoms with Gasteiger partial charge in [0.1, 0.15) is 11.3 Å². The molecule has 0 fully saturated rings. The number of fused-ring (bicyclic) bond motifs is 1. The Hall–Kier alpha value is -2.03. The van der Waals surface area contributed by atoms with Crippen molar-refractivity contribution in [3.63, 3.8) is 0 Å². The number of carboxylic acids is 1. The normalized spacial score (nSPS) is 10.6. The van der Waals surface area contributed by atoms with Gasteiger partial charge in [-0.2, -0.15) is 0 Å². The Balaban J connectivity index is 2.84. The summed E-state index contributed by atoms with van der Waals surface area (Å²) in [5.74, 6) is -1.27. The predicted molar refractivity (Wildman–Crippen MR) is 62.0 cm³/mol.